The Morgan fingerprint density at radius 3 is 2.73 bits per heavy atom. The molecule has 0 fully saturated rings. The van der Waals surface area contributed by atoms with E-state index in [1.165, 1.54) is 18.4 Å². The predicted molar refractivity (Wildman–Crippen MR) is 61.0 cm³/mol. The molecule has 0 aliphatic carbocycles. The summed E-state index contributed by atoms with van der Waals surface area (Å²) in [6, 6.07) is 3.25. The van der Waals surface area contributed by atoms with Crippen molar-refractivity contribution in [2.24, 2.45) is 5.73 Å². The van der Waals surface area contributed by atoms with Gasteiger partial charge in [0.2, 0.25) is 0 Å². The zero-order chi connectivity index (χ0) is 10.6. The second kappa shape index (κ2) is 6.39. The zero-order valence-corrected chi connectivity index (χ0v) is 9.61. The molecule has 0 spiro atoms. The number of thiophene rings is 1. The lowest BCUT2D eigenvalue weighted by molar-refractivity contribution is 0.100. The van der Waals surface area contributed by atoms with Gasteiger partial charge in [-0.25, -0.2) is 4.79 Å². The quantitative estimate of drug-likeness (QED) is 0.797. The first-order valence-corrected chi connectivity index (χ1v) is 4.67. The number of methoxy groups -OCH3 is 1. The van der Waals surface area contributed by atoms with Gasteiger partial charge in [0.15, 0.2) is 5.78 Å². The normalized spacial score (nSPS) is 8.93. The van der Waals surface area contributed by atoms with E-state index in [1.54, 1.807) is 12.1 Å². The SMILES string of the molecule is COC(=O)Nc1ccc(C(=O)CN)s1.Cl. The zero-order valence-electron chi connectivity index (χ0n) is 7.98. The summed E-state index contributed by atoms with van der Waals surface area (Å²) in [4.78, 5) is 22.4. The van der Waals surface area contributed by atoms with Gasteiger partial charge in [0.1, 0.15) is 0 Å². The van der Waals surface area contributed by atoms with Gasteiger partial charge in [0, 0.05) is 0 Å². The molecule has 0 atom stereocenters. The molecule has 0 aromatic carbocycles. The monoisotopic (exact) mass is 250 g/mol. The molecular formula is C8H11ClN2O3S. The molecule has 0 unspecified atom stereocenters. The van der Waals surface area contributed by atoms with E-state index in [2.05, 4.69) is 10.1 Å². The van der Waals surface area contributed by atoms with Crippen LogP contribution in [0.15, 0.2) is 12.1 Å². The first-order chi connectivity index (χ1) is 6.67. The Kier molecular flexibility index (Phi) is 5.92. The molecule has 7 heteroatoms. The number of carbonyl (C=O) groups is 2. The van der Waals surface area contributed by atoms with Crippen LogP contribution in [-0.2, 0) is 4.74 Å². The third-order valence-corrected chi connectivity index (χ3v) is 2.52. The van der Waals surface area contributed by atoms with Crippen molar-refractivity contribution in [3.8, 4) is 0 Å². The van der Waals surface area contributed by atoms with E-state index in [0.29, 0.717) is 9.88 Å². The number of carbonyl (C=O) groups excluding carboxylic acids is 2. The Hall–Kier alpha value is -1.11. The van der Waals surface area contributed by atoms with Gasteiger partial charge in [-0.1, -0.05) is 0 Å². The number of Topliss-reactive ketones (excluding diaryl/α,β-unsaturated/α-hetero) is 1. The number of halogens is 1. The molecule has 1 rings (SSSR count). The van der Waals surface area contributed by atoms with Crippen molar-refractivity contribution in [1.29, 1.82) is 0 Å². The Labute approximate surface area is 97.0 Å². The van der Waals surface area contributed by atoms with Crippen molar-refractivity contribution < 1.29 is 14.3 Å². The topological polar surface area (TPSA) is 81.4 Å². The summed E-state index contributed by atoms with van der Waals surface area (Å²) >= 11 is 1.17. The van der Waals surface area contributed by atoms with Crippen LogP contribution in [0.4, 0.5) is 9.80 Å². The number of nitrogens with two attached hydrogens (primary N) is 1. The molecule has 0 saturated heterocycles. The Morgan fingerprint density at radius 1 is 1.53 bits per heavy atom. The van der Waals surface area contributed by atoms with Crippen molar-refractivity contribution in [1.82, 2.24) is 0 Å². The van der Waals surface area contributed by atoms with Gasteiger partial charge in [-0.05, 0) is 12.1 Å². The highest BCUT2D eigenvalue weighted by Crippen LogP contribution is 2.21. The highest BCUT2D eigenvalue weighted by atomic mass is 35.5. The standard InChI is InChI=1S/C8H10N2O3S.ClH/c1-13-8(12)10-7-3-2-6(14-7)5(11)4-9;/h2-3H,4,9H2,1H3,(H,10,12);1H. The fourth-order valence-electron chi connectivity index (χ4n) is 0.807. The molecule has 0 saturated carbocycles. The first kappa shape index (κ1) is 13.9. The summed E-state index contributed by atoms with van der Waals surface area (Å²) in [5.41, 5.74) is 5.19. The predicted octanol–water partition coefficient (Wildman–Crippen LogP) is 1.49. The van der Waals surface area contributed by atoms with E-state index in [0.717, 1.165) is 0 Å². The van der Waals surface area contributed by atoms with E-state index in [9.17, 15) is 9.59 Å². The molecule has 0 aliphatic rings. The molecule has 0 radical (unpaired) electrons. The summed E-state index contributed by atoms with van der Waals surface area (Å²) in [5, 5.41) is 3.02. The molecule has 5 nitrogen and oxygen atoms in total. The second-order valence-electron chi connectivity index (χ2n) is 2.41. The van der Waals surface area contributed by atoms with Gasteiger partial charge < -0.3 is 10.5 Å². The van der Waals surface area contributed by atoms with Crippen LogP contribution in [0, 0.1) is 0 Å². The average Bonchev–Trinajstić information content (AvgIpc) is 2.65. The van der Waals surface area contributed by atoms with Crippen molar-refractivity contribution in [2.75, 3.05) is 19.0 Å². The van der Waals surface area contributed by atoms with E-state index < -0.39 is 6.09 Å². The largest absolute Gasteiger partial charge is 0.453 e. The first-order valence-electron chi connectivity index (χ1n) is 3.85. The van der Waals surface area contributed by atoms with Crippen LogP contribution in [0.2, 0.25) is 0 Å². The maximum atomic E-state index is 11.1. The number of hydrogen-bond donors (Lipinski definition) is 2. The highest BCUT2D eigenvalue weighted by Gasteiger charge is 2.08. The Balaban J connectivity index is 0.00000196. The number of nitrogens with one attached hydrogen (secondary N) is 1. The summed E-state index contributed by atoms with van der Waals surface area (Å²) in [6.07, 6.45) is -0.557. The number of rotatable bonds is 3. The second-order valence-corrected chi connectivity index (χ2v) is 3.49. The summed E-state index contributed by atoms with van der Waals surface area (Å²) in [5.74, 6) is -0.145. The van der Waals surface area contributed by atoms with Crippen LogP contribution in [0.1, 0.15) is 9.67 Å². The fraction of sp³-hybridized carbons (Fsp3) is 0.250. The molecule has 1 amide bonds. The lowest BCUT2D eigenvalue weighted by Gasteiger charge is -1.98. The number of amides is 1. The van der Waals surface area contributed by atoms with Crippen molar-refractivity contribution in [2.45, 2.75) is 0 Å². The third kappa shape index (κ3) is 3.86. The lowest BCUT2D eigenvalue weighted by atomic mass is 10.3. The molecule has 3 N–H and O–H groups in total. The van der Waals surface area contributed by atoms with Crippen LogP contribution >= 0.6 is 23.7 Å². The summed E-state index contributed by atoms with van der Waals surface area (Å²) in [7, 11) is 1.27. The molecule has 84 valence electrons. The van der Waals surface area contributed by atoms with E-state index in [1.807, 2.05) is 0 Å². The van der Waals surface area contributed by atoms with Crippen molar-refractivity contribution >= 4 is 40.6 Å². The van der Waals surface area contributed by atoms with Gasteiger partial charge in [-0.15, -0.1) is 23.7 Å². The van der Waals surface area contributed by atoms with Crippen molar-refractivity contribution in [3.05, 3.63) is 17.0 Å². The van der Waals surface area contributed by atoms with Crippen LogP contribution in [0.25, 0.3) is 0 Å². The summed E-state index contributed by atoms with van der Waals surface area (Å²) in [6.45, 7) is -0.0296. The fourth-order valence-corrected chi connectivity index (χ4v) is 1.65. The third-order valence-electron chi connectivity index (χ3n) is 1.48. The smallest absolute Gasteiger partial charge is 0.411 e. The molecular weight excluding hydrogens is 240 g/mol. The van der Waals surface area contributed by atoms with E-state index in [-0.39, 0.29) is 24.7 Å². The number of anilines is 1. The minimum absolute atomic E-state index is 0. The summed E-state index contributed by atoms with van der Waals surface area (Å²) < 4.78 is 4.40. The minimum Gasteiger partial charge on any atom is -0.453 e. The van der Waals surface area contributed by atoms with Gasteiger partial charge in [0.05, 0.1) is 23.5 Å². The molecule has 15 heavy (non-hydrogen) atoms. The molecule has 0 aliphatic heterocycles. The molecule has 1 heterocycles. The van der Waals surface area contributed by atoms with Gasteiger partial charge >= 0.3 is 6.09 Å². The maximum absolute atomic E-state index is 11.1. The van der Waals surface area contributed by atoms with Crippen molar-refractivity contribution in [3.63, 3.8) is 0 Å². The van der Waals surface area contributed by atoms with E-state index >= 15 is 0 Å². The minimum atomic E-state index is -0.557. The number of hydrogen-bond acceptors (Lipinski definition) is 5. The molecule has 0 bridgehead atoms. The van der Waals surface area contributed by atoms with Crippen LogP contribution in [-0.4, -0.2) is 25.5 Å². The van der Waals surface area contributed by atoms with Gasteiger partial charge in [-0.2, -0.15) is 0 Å². The maximum Gasteiger partial charge on any atom is 0.411 e. The lowest BCUT2D eigenvalue weighted by Crippen LogP contribution is -2.12. The van der Waals surface area contributed by atoms with Gasteiger partial charge in [0.25, 0.3) is 0 Å². The van der Waals surface area contributed by atoms with E-state index in [4.69, 9.17) is 5.73 Å². The Morgan fingerprint density at radius 2 is 2.20 bits per heavy atom. The van der Waals surface area contributed by atoms with Gasteiger partial charge in [-0.3, -0.25) is 10.1 Å². The van der Waals surface area contributed by atoms with Crippen LogP contribution in [0.3, 0.4) is 0 Å². The Bertz CT molecular complexity index is 353. The molecule has 1 aromatic rings. The highest BCUT2D eigenvalue weighted by molar-refractivity contribution is 7.18. The molecule has 1 aromatic heterocycles. The van der Waals surface area contributed by atoms with Crippen LogP contribution in [0.5, 0.6) is 0 Å². The van der Waals surface area contributed by atoms with Crippen LogP contribution < -0.4 is 11.1 Å². The number of ketones is 1. The average molecular weight is 251 g/mol. The number of ether oxygens (including phenoxy) is 1.